The summed E-state index contributed by atoms with van der Waals surface area (Å²) in [5, 5.41) is 6.87. The standard InChI is InChI=1S/C24H31N3O5/c1-4-30-22-14-18(6-8-19(22)28-3)27-23(25-2)26-15-24(9-11-29-12-10-24)17-5-7-20-21(13-17)32-16-31-20/h5-8,13-14H,4,9-12,15-16H2,1-3H3,(H2,25,26,27). The Morgan fingerprint density at radius 1 is 1.06 bits per heavy atom. The highest BCUT2D eigenvalue weighted by Gasteiger charge is 2.36. The SMILES string of the molecule is CCOc1cc(NC(=NC)NCC2(c3ccc4c(c3)OCO4)CCOCC2)ccc1OC. The van der Waals surface area contributed by atoms with E-state index in [2.05, 4.69) is 27.8 Å². The summed E-state index contributed by atoms with van der Waals surface area (Å²) in [4.78, 5) is 4.42. The van der Waals surface area contributed by atoms with Crippen LogP contribution in [0, 0.1) is 0 Å². The number of ether oxygens (including phenoxy) is 5. The first-order chi connectivity index (χ1) is 15.7. The summed E-state index contributed by atoms with van der Waals surface area (Å²) in [6.07, 6.45) is 1.82. The average molecular weight is 442 g/mol. The van der Waals surface area contributed by atoms with Crippen molar-refractivity contribution in [2.75, 3.05) is 52.6 Å². The predicted molar refractivity (Wildman–Crippen MR) is 123 cm³/mol. The fraction of sp³-hybridized carbons (Fsp3) is 0.458. The lowest BCUT2D eigenvalue weighted by atomic mass is 9.74. The fourth-order valence-electron chi connectivity index (χ4n) is 4.15. The molecule has 8 heteroatoms. The maximum Gasteiger partial charge on any atom is 0.231 e. The second-order valence-corrected chi connectivity index (χ2v) is 7.81. The molecule has 2 aliphatic rings. The first-order valence-electron chi connectivity index (χ1n) is 10.9. The molecule has 0 radical (unpaired) electrons. The third kappa shape index (κ3) is 4.70. The molecule has 0 bridgehead atoms. The first-order valence-corrected chi connectivity index (χ1v) is 10.9. The van der Waals surface area contributed by atoms with Crippen LogP contribution in [-0.2, 0) is 10.2 Å². The molecule has 2 aromatic rings. The number of guanidine groups is 1. The maximum absolute atomic E-state index is 5.69. The number of methoxy groups -OCH3 is 1. The number of aliphatic imine (C=N–C) groups is 1. The van der Waals surface area contributed by atoms with E-state index in [4.69, 9.17) is 23.7 Å². The second kappa shape index (κ2) is 9.99. The van der Waals surface area contributed by atoms with Gasteiger partial charge in [-0.3, -0.25) is 4.99 Å². The molecule has 2 heterocycles. The van der Waals surface area contributed by atoms with Crippen molar-refractivity contribution < 1.29 is 23.7 Å². The molecule has 0 aromatic heterocycles. The molecule has 0 atom stereocenters. The van der Waals surface area contributed by atoms with Crippen molar-refractivity contribution in [1.82, 2.24) is 5.32 Å². The van der Waals surface area contributed by atoms with Crippen LogP contribution in [0.3, 0.4) is 0 Å². The number of nitrogens with zero attached hydrogens (tertiary/aromatic N) is 1. The Kier molecular flexibility index (Phi) is 6.90. The summed E-state index contributed by atoms with van der Waals surface area (Å²) in [6, 6.07) is 12.0. The summed E-state index contributed by atoms with van der Waals surface area (Å²) in [5.74, 6) is 3.67. The van der Waals surface area contributed by atoms with Gasteiger partial charge in [0, 0.05) is 44.0 Å². The zero-order chi connectivity index (χ0) is 22.4. The lowest BCUT2D eigenvalue weighted by Gasteiger charge is -2.38. The van der Waals surface area contributed by atoms with Crippen LogP contribution in [0.15, 0.2) is 41.4 Å². The van der Waals surface area contributed by atoms with Crippen molar-refractivity contribution in [3.63, 3.8) is 0 Å². The molecule has 0 amide bonds. The normalized spacial score (nSPS) is 17.0. The molecule has 0 spiro atoms. The second-order valence-electron chi connectivity index (χ2n) is 7.81. The summed E-state index contributed by atoms with van der Waals surface area (Å²) in [7, 11) is 3.40. The summed E-state index contributed by atoms with van der Waals surface area (Å²) < 4.78 is 27.8. The van der Waals surface area contributed by atoms with Crippen molar-refractivity contribution >= 4 is 11.6 Å². The van der Waals surface area contributed by atoms with Gasteiger partial charge in [0.05, 0.1) is 13.7 Å². The zero-order valence-corrected chi connectivity index (χ0v) is 18.9. The molecule has 1 saturated heterocycles. The van der Waals surface area contributed by atoms with Gasteiger partial charge in [0.1, 0.15) is 0 Å². The highest BCUT2D eigenvalue weighted by molar-refractivity contribution is 5.94. The van der Waals surface area contributed by atoms with E-state index in [1.165, 1.54) is 5.56 Å². The van der Waals surface area contributed by atoms with Gasteiger partial charge in [-0.25, -0.2) is 0 Å². The molecule has 2 N–H and O–H groups in total. The molecule has 4 rings (SSSR count). The number of fused-ring (bicyclic) bond motifs is 1. The molecule has 0 aliphatic carbocycles. The molecule has 1 fully saturated rings. The van der Waals surface area contributed by atoms with E-state index in [-0.39, 0.29) is 12.2 Å². The van der Waals surface area contributed by atoms with Crippen molar-refractivity contribution in [3.8, 4) is 23.0 Å². The van der Waals surface area contributed by atoms with E-state index in [0.717, 1.165) is 43.2 Å². The van der Waals surface area contributed by atoms with E-state index in [9.17, 15) is 0 Å². The Morgan fingerprint density at radius 3 is 2.62 bits per heavy atom. The maximum atomic E-state index is 5.69. The topological polar surface area (TPSA) is 82.6 Å². The Bertz CT molecular complexity index is 957. The average Bonchev–Trinajstić information content (AvgIpc) is 3.31. The Balaban J connectivity index is 1.49. The highest BCUT2D eigenvalue weighted by Crippen LogP contribution is 2.40. The van der Waals surface area contributed by atoms with Crippen molar-refractivity contribution in [2.45, 2.75) is 25.2 Å². The smallest absolute Gasteiger partial charge is 0.231 e. The van der Waals surface area contributed by atoms with E-state index in [1.54, 1.807) is 14.2 Å². The van der Waals surface area contributed by atoms with Gasteiger partial charge in [0.2, 0.25) is 6.79 Å². The lowest BCUT2D eigenvalue weighted by Crippen LogP contribution is -2.46. The molecule has 8 nitrogen and oxygen atoms in total. The van der Waals surface area contributed by atoms with Gasteiger partial charge in [-0.2, -0.15) is 0 Å². The number of hydrogen-bond acceptors (Lipinski definition) is 6. The van der Waals surface area contributed by atoms with Gasteiger partial charge in [-0.15, -0.1) is 0 Å². The summed E-state index contributed by atoms with van der Waals surface area (Å²) in [6.45, 7) is 4.94. The van der Waals surface area contributed by atoms with Crippen LogP contribution in [0.25, 0.3) is 0 Å². The molecule has 172 valence electrons. The Labute approximate surface area is 188 Å². The number of hydrogen-bond donors (Lipinski definition) is 2. The van der Waals surface area contributed by atoms with E-state index >= 15 is 0 Å². The van der Waals surface area contributed by atoms with Crippen LogP contribution >= 0.6 is 0 Å². The molecule has 2 aliphatic heterocycles. The monoisotopic (exact) mass is 441 g/mol. The van der Waals surface area contributed by atoms with Gasteiger partial charge in [0.15, 0.2) is 29.0 Å². The van der Waals surface area contributed by atoms with Gasteiger partial charge in [0.25, 0.3) is 0 Å². The third-order valence-electron chi connectivity index (χ3n) is 5.98. The predicted octanol–water partition coefficient (Wildman–Crippen LogP) is 3.56. The zero-order valence-electron chi connectivity index (χ0n) is 18.9. The molecule has 0 saturated carbocycles. The Morgan fingerprint density at radius 2 is 1.88 bits per heavy atom. The van der Waals surface area contributed by atoms with Crippen molar-refractivity contribution in [2.24, 2.45) is 4.99 Å². The quantitative estimate of drug-likeness (QED) is 0.502. The van der Waals surface area contributed by atoms with Gasteiger partial charge in [-0.1, -0.05) is 6.07 Å². The minimum absolute atomic E-state index is 0.0900. The van der Waals surface area contributed by atoms with Crippen LogP contribution in [0.2, 0.25) is 0 Å². The third-order valence-corrected chi connectivity index (χ3v) is 5.98. The number of nitrogens with one attached hydrogen (secondary N) is 2. The molecule has 32 heavy (non-hydrogen) atoms. The largest absolute Gasteiger partial charge is 0.493 e. The number of benzene rings is 2. The van der Waals surface area contributed by atoms with Crippen LogP contribution < -0.4 is 29.6 Å². The molecule has 2 aromatic carbocycles. The van der Waals surface area contributed by atoms with Crippen LogP contribution in [0.1, 0.15) is 25.3 Å². The number of anilines is 1. The van der Waals surface area contributed by atoms with Gasteiger partial charge >= 0.3 is 0 Å². The van der Waals surface area contributed by atoms with E-state index in [0.29, 0.717) is 30.6 Å². The van der Waals surface area contributed by atoms with Crippen LogP contribution in [0.4, 0.5) is 5.69 Å². The van der Waals surface area contributed by atoms with Crippen molar-refractivity contribution in [1.29, 1.82) is 0 Å². The molecular weight excluding hydrogens is 410 g/mol. The van der Waals surface area contributed by atoms with E-state index < -0.39 is 0 Å². The molecular formula is C24H31N3O5. The summed E-state index contributed by atoms with van der Waals surface area (Å²) >= 11 is 0. The Hall–Kier alpha value is -3.13. The number of rotatable bonds is 7. The highest BCUT2D eigenvalue weighted by atomic mass is 16.7. The lowest BCUT2D eigenvalue weighted by molar-refractivity contribution is 0.0514. The van der Waals surface area contributed by atoms with Crippen LogP contribution in [0.5, 0.6) is 23.0 Å². The van der Waals surface area contributed by atoms with Crippen molar-refractivity contribution in [3.05, 3.63) is 42.0 Å². The minimum atomic E-state index is -0.0900. The van der Waals surface area contributed by atoms with Gasteiger partial charge in [-0.05, 0) is 49.6 Å². The van der Waals surface area contributed by atoms with Gasteiger partial charge < -0.3 is 34.3 Å². The molecule has 0 unspecified atom stereocenters. The first kappa shape index (κ1) is 22.1. The minimum Gasteiger partial charge on any atom is -0.493 e. The fourth-order valence-corrected chi connectivity index (χ4v) is 4.15. The van der Waals surface area contributed by atoms with Crippen LogP contribution in [-0.4, -0.2) is 53.3 Å². The summed E-state index contributed by atoms with van der Waals surface area (Å²) in [5.41, 5.74) is 2.00. The van der Waals surface area contributed by atoms with E-state index in [1.807, 2.05) is 31.2 Å².